The maximum atomic E-state index is 13.0. The summed E-state index contributed by atoms with van der Waals surface area (Å²) < 4.78 is 18.1. The van der Waals surface area contributed by atoms with Crippen LogP contribution in [0.5, 0.6) is 0 Å². The Hall–Kier alpha value is -3.37. The second-order valence-electron chi connectivity index (χ2n) is 9.51. The Labute approximate surface area is 201 Å². The van der Waals surface area contributed by atoms with Crippen molar-refractivity contribution in [2.75, 3.05) is 25.1 Å². The summed E-state index contributed by atoms with van der Waals surface area (Å²) in [6, 6.07) is 8.29. The summed E-state index contributed by atoms with van der Waals surface area (Å²) in [6.45, 7) is 3.04. The van der Waals surface area contributed by atoms with E-state index in [-0.39, 0.29) is 23.5 Å². The average Bonchev–Trinajstić information content (AvgIpc) is 3.67. The van der Waals surface area contributed by atoms with E-state index < -0.39 is 0 Å². The van der Waals surface area contributed by atoms with Crippen molar-refractivity contribution in [1.82, 2.24) is 23.1 Å². The number of hydrogen-bond acceptors (Lipinski definition) is 6. The Morgan fingerprint density at radius 3 is 2.40 bits per heavy atom. The molecule has 0 amide bonds. The molecule has 2 atom stereocenters. The Morgan fingerprint density at radius 2 is 1.71 bits per heavy atom. The van der Waals surface area contributed by atoms with Crippen LogP contribution in [0.1, 0.15) is 25.7 Å². The number of hydrogen-bond donors (Lipinski definition) is 1. The number of ether oxygens (including phenoxy) is 2. The van der Waals surface area contributed by atoms with Crippen LogP contribution in [0.15, 0.2) is 40.1 Å². The first-order valence-corrected chi connectivity index (χ1v) is 12.3. The van der Waals surface area contributed by atoms with E-state index >= 15 is 0 Å². The van der Waals surface area contributed by atoms with E-state index in [1.807, 2.05) is 10.6 Å². The van der Waals surface area contributed by atoms with E-state index in [2.05, 4.69) is 34.1 Å². The van der Waals surface area contributed by atoms with Crippen molar-refractivity contribution in [3.63, 3.8) is 0 Å². The molecule has 2 fully saturated rings. The molecule has 184 valence electrons. The highest BCUT2D eigenvalue weighted by Crippen LogP contribution is 2.28. The summed E-state index contributed by atoms with van der Waals surface area (Å²) in [7, 11) is 3.14. The van der Waals surface area contributed by atoms with Gasteiger partial charge in [-0.25, -0.2) is 4.79 Å². The van der Waals surface area contributed by atoms with Crippen molar-refractivity contribution in [3.05, 3.63) is 51.3 Å². The van der Waals surface area contributed by atoms with Gasteiger partial charge in [0.25, 0.3) is 5.56 Å². The van der Waals surface area contributed by atoms with Crippen molar-refractivity contribution in [2.24, 2.45) is 14.1 Å². The molecule has 0 spiro atoms. The topological polar surface area (TPSA) is 96.7 Å². The average molecular weight is 479 g/mol. The summed E-state index contributed by atoms with van der Waals surface area (Å²) in [5.74, 6) is 0.629. The molecule has 10 heteroatoms. The molecule has 2 aliphatic rings. The van der Waals surface area contributed by atoms with Gasteiger partial charge in [-0.15, -0.1) is 0 Å². The quantitative estimate of drug-likeness (QED) is 0.456. The number of anilines is 1. The second kappa shape index (κ2) is 8.69. The fourth-order valence-corrected chi connectivity index (χ4v) is 5.21. The minimum atomic E-state index is -0.389. The molecule has 2 aliphatic heterocycles. The fourth-order valence-electron chi connectivity index (χ4n) is 5.21. The van der Waals surface area contributed by atoms with E-state index in [1.54, 1.807) is 7.05 Å². The summed E-state index contributed by atoms with van der Waals surface area (Å²) in [4.78, 5) is 30.2. The molecule has 0 bridgehead atoms. The van der Waals surface area contributed by atoms with Crippen molar-refractivity contribution < 1.29 is 9.47 Å². The molecule has 10 nitrogen and oxygen atoms in total. The lowest BCUT2D eigenvalue weighted by atomic mass is 10.1. The molecule has 0 radical (unpaired) electrons. The van der Waals surface area contributed by atoms with Gasteiger partial charge in [-0.2, -0.15) is 4.98 Å². The largest absolute Gasteiger partial charge is 0.382 e. The van der Waals surface area contributed by atoms with Crippen LogP contribution in [0.3, 0.4) is 0 Å². The zero-order valence-corrected chi connectivity index (χ0v) is 20.1. The lowest BCUT2D eigenvalue weighted by molar-refractivity contribution is 0.0981. The maximum absolute atomic E-state index is 13.0. The molecule has 3 aromatic heterocycles. The normalized spacial score (nSPS) is 20.4. The Morgan fingerprint density at radius 1 is 1.00 bits per heavy atom. The van der Waals surface area contributed by atoms with E-state index in [9.17, 15) is 9.59 Å². The first-order chi connectivity index (χ1) is 17.0. The molecule has 0 saturated carbocycles. The number of fused-ring (bicyclic) bond motifs is 3. The highest BCUT2D eigenvalue weighted by Gasteiger charge is 2.24. The zero-order chi connectivity index (χ0) is 24.1. The van der Waals surface area contributed by atoms with Crippen molar-refractivity contribution in [1.29, 1.82) is 0 Å². The SMILES string of the molecule is Cn1c(=O)c2c(nc3n(C[C@H]4CCCO4)c(-c4ccc(NC[C@@H]5CCCO5)cc4)cn23)n(C)c1=O. The minimum Gasteiger partial charge on any atom is -0.382 e. The maximum Gasteiger partial charge on any atom is 0.332 e. The Balaban J connectivity index is 1.43. The van der Waals surface area contributed by atoms with Gasteiger partial charge in [0, 0.05) is 45.7 Å². The van der Waals surface area contributed by atoms with Gasteiger partial charge in [0.1, 0.15) is 0 Å². The van der Waals surface area contributed by atoms with Crippen LogP contribution in [0, 0.1) is 0 Å². The van der Waals surface area contributed by atoms with Crippen molar-refractivity contribution in [2.45, 2.75) is 44.4 Å². The third kappa shape index (κ3) is 3.77. The second-order valence-corrected chi connectivity index (χ2v) is 9.51. The number of nitrogens with zero attached hydrogens (tertiary/aromatic N) is 5. The van der Waals surface area contributed by atoms with Gasteiger partial charge in [0.15, 0.2) is 11.2 Å². The molecule has 0 aliphatic carbocycles. The number of aryl methyl sites for hydroxylation is 1. The van der Waals surface area contributed by atoms with Crippen LogP contribution in [0.4, 0.5) is 5.69 Å². The van der Waals surface area contributed by atoms with E-state index in [1.165, 1.54) is 11.6 Å². The molecule has 35 heavy (non-hydrogen) atoms. The molecule has 4 aromatic rings. The van der Waals surface area contributed by atoms with Gasteiger partial charge in [0.05, 0.1) is 24.4 Å². The van der Waals surface area contributed by atoms with Gasteiger partial charge in [-0.3, -0.25) is 18.3 Å². The molecule has 1 N–H and O–H groups in total. The fraction of sp³-hybridized carbons (Fsp3) is 0.480. The summed E-state index contributed by atoms with van der Waals surface area (Å²) >= 11 is 0. The first kappa shape index (κ1) is 22.1. The van der Waals surface area contributed by atoms with Gasteiger partial charge >= 0.3 is 5.69 Å². The van der Waals surface area contributed by atoms with Gasteiger partial charge < -0.3 is 19.4 Å². The number of aromatic nitrogens is 5. The monoisotopic (exact) mass is 478 g/mol. The molecular weight excluding hydrogens is 448 g/mol. The number of benzene rings is 1. The van der Waals surface area contributed by atoms with E-state index in [0.717, 1.165) is 67.0 Å². The Kier molecular flexibility index (Phi) is 5.49. The zero-order valence-electron chi connectivity index (χ0n) is 20.1. The van der Waals surface area contributed by atoms with E-state index in [0.29, 0.717) is 23.5 Å². The predicted molar refractivity (Wildman–Crippen MR) is 133 cm³/mol. The number of nitrogens with one attached hydrogen (secondary N) is 1. The lowest BCUT2D eigenvalue weighted by Gasteiger charge is -2.15. The standard InChI is InChI=1S/C25H30N6O4/c1-28-22-21(23(32)29(2)25(28)33)31-15-20(30(24(31)27-22)14-19-6-4-12-35-19)16-7-9-17(10-8-16)26-13-18-5-3-11-34-18/h7-10,15,18-19,26H,3-6,11-14H2,1-2H3/t18-,19+/m0/s1. The predicted octanol–water partition coefficient (Wildman–Crippen LogP) is 2.12. The number of imidazole rings is 2. The third-order valence-electron chi connectivity index (χ3n) is 7.21. The molecule has 0 unspecified atom stereocenters. The summed E-state index contributed by atoms with van der Waals surface area (Å²) in [5.41, 5.74) is 3.05. The van der Waals surface area contributed by atoms with Crippen LogP contribution < -0.4 is 16.6 Å². The summed E-state index contributed by atoms with van der Waals surface area (Å²) in [5, 5.41) is 3.46. The van der Waals surface area contributed by atoms with Crippen LogP contribution in [0.2, 0.25) is 0 Å². The van der Waals surface area contributed by atoms with Crippen LogP contribution in [-0.2, 0) is 30.1 Å². The van der Waals surface area contributed by atoms with E-state index in [4.69, 9.17) is 14.5 Å². The lowest BCUT2D eigenvalue weighted by Crippen LogP contribution is -2.37. The van der Waals surface area contributed by atoms with Crippen LogP contribution in [0.25, 0.3) is 28.2 Å². The van der Waals surface area contributed by atoms with Crippen molar-refractivity contribution in [3.8, 4) is 11.3 Å². The minimum absolute atomic E-state index is 0.0868. The highest BCUT2D eigenvalue weighted by atomic mass is 16.5. The Bertz CT molecular complexity index is 1500. The molecule has 1 aromatic carbocycles. The smallest absolute Gasteiger partial charge is 0.332 e. The summed E-state index contributed by atoms with van der Waals surface area (Å²) in [6.07, 6.45) is 6.55. The molecule has 5 heterocycles. The third-order valence-corrected chi connectivity index (χ3v) is 7.21. The van der Waals surface area contributed by atoms with Crippen LogP contribution in [-0.4, -0.2) is 55.1 Å². The first-order valence-electron chi connectivity index (χ1n) is 12.3. The van der Waals surface area contributed by atoms with Gasteiger partial charge in [-0.05, 0) is 43.4 Å². The van der Waals surface area contributed by atoms with Gasteiger partial charge in [-0.1, -0.05) is 12.1 Å². The molecule has 6 rings (SSSR count). The highest BCUT2D eigenvalue weighted by molar-refractivity contribution is 5.78. The van der Waals surface area contributed by atoms with Crippen LogP contribution >= 0.6 is 0 Å². The molecular formula is C25H30N6O4. The van der Waals surface area contributed by atoms with Crippen molar-refractivity contribution >= 4 is 22.6 Å². The van der Waals surface area contributed by atoms with Gasteiger partial charge in [0.2, 0.25) is 5.78 Å². The molecule has 2 saturated heterocycles. The number of rotatable bonds is 6.